The highest BCUT2D eigenvalue weighted by Crippen LogP contribution is 2.17. The van der Waals surface area contributed by atoms with E-state index in [9.17, 15) is 4.79 Å². The predicted molar refractivity (Wildman–Crippen MR) is 71.1 cm³/mol. The van der Waals surface area contributed by atoms with Crippen molar-refractivity contribution in [1.82, 2.24) is 0 Å². The summed E-state index contributed by atoms with van der Waals surface area (Å²) in [6.07, 6.45) is 5.05. The van der Waals surface area contributed by atoms with Crippen molar-refractivity contribution in [2.24, 2.45) is 0 Å². The molecule has 0 bridgehead atoms. The Labute approximate surface area is 107 Å². The molecule has 92 valence electrons. The minimum Gasteiger partial charge on any atom is -0.463 e. The van der Waals surface area contributed by atoms with Gasteiger partial charge in [0.25, 0.3) is 0 Å². The summed E-state index contributed by atoms with van der Waals surface area (Å²) in [7, 11) is 0. The summed E-state index contributed by atoms with van der Waals surface area (Å²) < 4.78 is 5.00. The number of unbranched alkanes of at least 4 members (excludes halogenated alkanes) is 1. The summed E-state index contributed by atoms with van der Waals surface area (Å²) in [5, 5.41) is 0.700. The Morgan fingerprint density at radius 2 is 2.24 bits per heavy atom. The van der Waals surface area contributed by atoms with E-state index in [1.165, 1.54) is 6.08 Å². The Kier molecular flexibility index (Phi) is 5.78. The van der Waals surface area contributed by atoms with Crippen LogP contribution in [0.25, 0.3) is 6.08 Å². The van der Waals surface area contributed by atoms with E-state index in [1.54, 1.807) is 6.08 Å². The highest BCUT2D eigenvalue weighted by atomic mass is 35.5. The zero-order valence-electron chi connectivity index (χ0n) is 10.2. The van der Waals surface area contributed by atoms with Crippen molar-refractivity contribution >= 4 is 23.6 Å². The van der Waals surface area contributed by atoms with E-state index in [2.05, 4.69) is 6.92 Å². The van der Waals surface area contributed by atoms with Crippen LogP contribution in [0.15, 0.2) is 24.3 Å². The second-order valence-electron chi connectivity index (χ2n) is 3.86. The van der Waals surface area contributed by atoms with Crippen LogP contribution < -0.4 is 0 Å². The van der Waals surface area contributed by atoms with E-state index in [-0.39, 0.29) is 5.97 Å². The van der Waals surface area contributed by atoms with Crippen molar-refractivity contribution in [3.63, 3.8) is 0 Å². The Hall–Kier alpha value is -1.28. The van der Waals surface area contributed by atoms with Crippen LogP contribution in [0.5, 0.6) is 0 Å². The molecule has 0 radical (unpaired) electrons. The zero-order chi connectivity index (χ0) is 12.7. The molecule has 1 rings (SSSR count). The van der Waals surface area contributed by atoms with Gasteiger partial charge in [-0.1, -0.05) is 37.1 Å². The highest BCUT2D eigenvalue weighted by molar-refractivity contribution is 6.31. The molecule has 0 aliphatic rings. The van der Waals surface area contributed by atoms with Gasteiger partial charge >= 0.3 is 5.97 Å². The molecule has 0 aliphatic heterocycles. The Balaban J connectivity index is 2.52. The van der Waals surface area contributed by atoms with Gasteiger partial charge in [0.15, 0.2) is 0 Å². The van der Waals surface area contributed by atoms with Crippen LogP contribution in [0.1, 0.15) is 30.9 Å². The maximum absolute atomic E-state index is 11.3. The topological polar surface area (TPSA) is 26.3 Å². The number of hydrogen-bond acceptors (Lipinski definition) is 2. The molecule has 0 atom stereocenters. The van der Waals surface area contributed by atoms with Crippen molar-refractivity contribution < 1.29 is 9.53 Å². The van der Waals surface area contributed by atoms with Gasteiger partial charge in [-0.2, -0.15) is 0 Å². The lowest BCUT2D eigenvalue weighted by Crippen LogP contribution is -2.01. The number of esters is 1. The maximum atomic E-state index is 11.3. The van der Waals surface area contributed by atoms with Gasteiger partial charge in [-0.05, 0) is 36.6 Å². The van der Waals surface area contributed by atoms with Crippen molar-refractivity contribution in [1.29, 1.82) is 0 Å². The van der Waals surface area contributed by atoms with Gasteiger partial charge < -0.3 is 4.74 Å². The lowest BCUT2D eigenvalue weighted by atomic mass is 10.1. The molecular weight excluding hydrogens is 236 g/mol. The Morgan fingerprint density at radius 3 is 2.88 bits per heavy atom. The normalized spacial score (nSPS) is 10.8. The maximum Gasteiger partial charge on any atom is 0.330 e. The third-order valence-corrected chi connectivity index (χ3v) is 2.76. The summed E-state index contributed by atoms with van der Waals surface area (Å²) in [4.78, 5) is 11.3. The molecule has 0 heterocycles. The highest BCUT2D eigenvalue weighted by Gasteiger charge is 1.98. The molecule has 0 N–H and O–H groups in total. The molecule has 2 nitrogen and oxygen atoms in total. The number of rotatable bonds is 5. The summed E-state index contributed by atoms with van der Waals surface area (Å²) >= 11 is 5.98. The van der Waals surface area contributed by atoms with Crippen LogP contribution in [0, 0.1) is 6.92 Å². The van der Waals surface area contributed by atoms with Gasteiger partial charge in [-0.15, -0.1) is 0 Å². The molecule has 0 saturated heterocycles. The summed E-state index contributed by atoms with van der Waals surface area (Å²) in [5.41, 5.74) is 1.92. The molecule has 17 heavy (non-hydrogen) atoms. The first-order valence-electron chi connectivity index (χ1n) is 5.74. The monoisotopic (exact) mass is 252 g/mol. The molecular formula is C14H17ClO2. The molecule has 0 amide bonds. The fourth-order valence-corrected chi connectivity index (χ4v) is 1.43. The van der Waals surface area contributed by atoms with Crippen LogP contribution in [-0.4, -0.2) is 12.6 Å². The minimum absolute atomic E-state index is 0.310. The van der Waals surface area contributed by atoms with Gasteiger partial charge in [0.05, 0.1) is 6.61 Å². The second-order valence-corrected chi connectivity index (χ2v) is 4.27. The first-order valence-corrected chi connectivity index (χ1v) is 6.12. The molecule has 0 aliphatic carbocycles. The van der Waals surface area contributed by atoms with Gasteiger partial charge in [0.1, 0.15) is 0 Å². The summed E-state index contributed by atoms with van der Waals surface area (Å²) in [6.45, 7) is 4.47. The number of benzene rings is 1. The van der Waals surface area contributed by atoms with E-state index >= 15 is 0 Å². The van der Waals surface area contributed by atoms with Crippen LogP contribution in [0.3, 0.4) is 0 Å². The fourth-order valence-electron chi connectivity index (χ4n) is 1.24. The molecule has 0 saturated carbocycles. The zero-order valence-corrected chi connectivity index (χ0v) is 11.0. The van der Waals surface area contributed by atoms with Crippen LogP contribution in [-0.2, 0) is 9.53 Å². The van der Waals surface area contributed by atoms with Crippen molar-refractivity contribution in [2.45, 2.75) is 26.7 Å². The number of aryl methyl sites for hydroxylation is 1. The Bertz CT molecular complexity index is 411. The first kappa shape index (κ1) is 13.8. The molecule has 0 fully saturated rings. The van der Waals surface area contributed by atoms with Gasteiger partial charge in [0.2, 0.25) is 0 Å². The standard InChI is InChI=1S/C14H17ClO2/c1-3-4-9-17-14(16)8-7-12-6-5-11(2)13(15)10-12/h5-8,10H,3-4,9H2,1-2H3/b8-7+. The predicted octanol–water partition coefficient (Wildman–Crippen LogP) is 4.00. The van der Waals surface area contributed by atoms with Crippen molar-refractivity contribution in [3.8, 4) is 0 Å². The van der Waals surface area contributed by atoms with Crippen LogP contribution in [0.2, 0.25) is 5.02 Å². The van der Waals surface area contributed by atoms with Crippen LogP contribution >= 0.6 is 11.6 Å². The van der Waals surface area contributed by atoms with Crippen molar-refractivity contribution in [3.05, 3.63) is 40.4 Å². The number of halogens is 1. The third-order valence-electron chi connectivity index (χ3n) is 2.35. The first-order chi connectivity index (χ1) is 8.13. The van der Waals surface area contributed by atoms with Gasteiger partial charge in [-0.3, -0.25) is 0 Å². The number of carbonyl (C=O) groups excluding carboxylic acids is 1. The summed E-state index contributed by atoms with van der Waals surface area (Å²) in [6, 6.07) is 5.66. The molecule has 1 aromatic rings. The lowest BCUT2D eigenvalue weighted by Gasteiger charge is -2.00. The van der Waals surface area contributed by atoms with E-state index in [1.807, 2.05) is 25.1 Å². The quantitative estimate of drug-likeness (QED) is 0.450. The fraction of sp³-hybridized carbons (Fsp3) is 0.357. The van der Waals surface area contributed by atoms with E-state index in [0.29, 0.717) is 11.6 Å². The summed E-state index contributed by atoms with van der Waals surface area (Å²) in [5.74, 6) is -0.310. The lowest BCUT2D eigenvalue weighted by molar-refractivity contribution is -0.137. The average molecular weight is 253 g/mol. The number of ether oxygens (including phenoxy) is 1. The molecule has 1 aromatic carbocycles. The van der Waals surface area contributed by atoms with E-state index in [0.717, 1.165) is 24.0 Å². The smallest absolute Gasteiger partial charge is 0.330 e. The van der Waals surface area contributed by atoms with E-state index in [4.69, 9.17) is 16.3 Å². The number of hydrogen-bond donors (Lipinski definition) is 0. The SMILES string of the molecule is CCCCOC(=O)/C=C/c1ccc(C)c(Cl)c1. The van der Waals surface area contributed by atoms with Gasteiger partial charge in [-0.25, -0.2) is 4.79 Å². The average Bonchev–Trinajstić information content (AvgIpc) is 2.31. The van der Waals surface area contributed by atoms with E-state index < -0.39 is 0 Å². The molecule has 3 heteroatoms. The molecule has 0 aromatic heterocycles. The Morgan fingerprint density at radius 1 is 1.47 bits per heavy atom. The molecule has 0 unspecified atom stereocenters. The number of carbonyl (C=O) groups is 1. The second kappa shape index (κ2) is 7.13. The van der Waals surface area contributed by atoms with Gasteiger partial charge in [0, 0.05) is 11.1 Å². The minimum atomic E-state index is -0.310. The molecule has 0 spiro atoms. The largest absolute Gasteiger partial charge is 0.463 e. The van der Waals surface area contributed by atoms with Crippen molar-refractivity contribution in [2.75, 3.05) is 6.61 Å². The van der Waals surface area contributed by atoms with Crippen LogP contribution in [0.4, 0.5) is 0 Å². The third kappa shape index (κ3) is 5.05.